The van der Waals surface area contributed by atoms with Crippen LogP contribution in [0.2, 0.25) is 5.02 Å². The van der Waals surface area contributed by atoms with Crippen LogP contribution in [0.15, 0.2) is 56.3 Å². The van der Waals surface area contributed by atoms with Gasteiger partial charge in [0.05, 0.1) is 18.2 Å². The summed E-state index contributed by atoms with van der Waals surface area (Å²) in [6.07, 6.45) is 1.63. The number of benzene rings is 2. The highest BCUT2D eigenvalue weighted by atomic mass is 35.5. The van der Waals surface area contributed by atoms with Crippen molar-refractivity contribution in [3.8, 4) is 0 Å². The van der Waals surface area contributed by atoms with Crippen LogP contribution in [-0.4, -0.2) is 5.91 Å². The molecule has 0 saturated carbocycles. The third kappa shape index (κ3) is 3.41. The smallest absolute Gasteiger partial charge is 0.340 e. The topological polar surface area (TPSA) is 72.5 Å². The first-order valence-electron chi connectivity index (χ1n) is 8.87. The van der Waals surface area contributed by atoms with Crippen LogP contribution in [0.25, 0.3) is 21.9 Å². The summed E-state index contributed by atoms with van der Waals surface area (Å²) >= 11 is 5.86. The predicted octanol–water partition coefficient (Wildman–Crippen LogP) is 4.67. The van der Waals surface area contributed by atoms with Gasteiger partial charge in [-0.3, -0.25) is 4.79 Å². The fourth-order valence-corrected chi connectivity index (χ4v) is 3.39. The number of carbonyl (C=O) groups excluding carboxylic acids is 1. The Morgan fingerprint density at radius 3 is 2.57 bits per heavy atom. The molecular formula is C22H18ClNO4. The third-order valence-electron chi connectivity index (χ3n) is 4.92. The van der Waals surface area contributed by atoms with Crippen LogP contribution in [0.1, 0.15) is 22.3 Å². The zero-order valence-corrected chi connectivity index (χ0v) is 16.2. The lowest BCUT2D eigenvalue weighted by molar-refractivity contribution is -0.120. The minimum absolute atomic E-state index is 0.0416. The van der Waals surface area contributed by atoms with E-state index in [2.05, 4.69) is 5.32 Å². The number of fused-ring (bicyclic) bond motifs is 2. The molecule has 2 aromatic carbocycles. The van der Waals surface area contributed by atoms with E-state index in [9.17, 15) is 9.59 Å². The zero-order chi connectivity index (χ0) is 19.8. The molecule has 2 heterocycles. The molecule has 0 unspecified atom stereocenters. The van der Waals surface area contributed by atoms with E-state index < -0.39 is 5.63 Å². The van der Waals surface area contributed by atoms with Crippen LogP contribution in [0.4, 0.5) is 0 Å². The largest absolute Gasteiger partial charge is 0.464 e. The summed E-state index contributed by atoms with van der Waals surface area (Å²) in [5, 5.41) is 5.23. The maximum atomic E-state index is 12.5. The number of amides is 1. The van der Waals surface area contributed by atoms with Crippen molar-refractivity contribution in [3.05, 3.63) is 80.4 Å². The van der Waals surface area contributed by atoms with Crippen molar-refractivity contribution in [2.24, 2.45) is 0 Å². The lowest BCUT2D eigenvalue weighted by atomic mass is 10.0. The Morgan fingerprint density at radius 1 is 1.07 bits per heavy atom. The van der Waals surface area contributed by atoms with Gasteiger partial charge in [-0.25, -0.2) is 4.79 Å². The van der Waals surface area contributed by atoms with E-state index in [1.54, 1.807) is 24.5 Å². The first kappa shape index (κ1) is 18.3. The summed E-state index contributed by atoms with van der Waals surface area (Å²) in [5.74, 6) is -0.245. The Kier molecular flexibility index (Phi) is 4.69. The molecule has 0 atom stereocenters. The van der Waals surface area contributed by atoms with Gasteiger partial charge in [-0.1, -0.05) is 23.7 Å². The van der Waals surface area contributed by atoms with E-state index in [0.717, 1.165) is 27.5 Å². The van der Waals surface area contributed by atoms with Crippen LogP contribution in [0.5, 0.6) is 0 Å². The van der Waals surface area contributed by atoms with Crippen LogP contribution < -0.4 is 10.9 Å². The van der Waals surface area contributed by atoms with Gasteiger partial charge in [0.1, 0.15) is 11.2 Å². The van der Waals surface area contributed by atoms with E-state index >= 15 is 0 Å². The van der Waals surface area contributed by atoms with E-state index in [1.165, 1.54) is 0 Å². The van der Waals surface area contributed by atoms with Crippen molar-refractivity contribution < 1.29 is 13.6 Å². The van der Waals surface area contributed by atoms with Crippen LogP contribution >= 0.6 is 11.6 Å². The van der Waals surface area contributed by atoms with Crippen LogP contribution in [0, 0.1) is 13.8 Å². The number of halogens is 1. The van der Waals surface area contributed by atoms with E-state index in [-0.39, 0.29) is 12.3 Å². The SMILES string of the molecule is Cc1coc2cc3oc(=O)c(CC(=O)NCc4ccc(Cl)cc4)c(C)c3cc12. The molecule has 0 aliphatic carbocycles. The Hall–Kier alpha value is -3.05. The molecule has 0 spiro atoms. The third-order valence-corrected chi connectivity index (χ3v) is 5.17. The van der Waals surface area contributed by atoms with Crippen molar-refractivity contribution in [3.63, 3.8) is 0 Å². The lowest BCUT2D eigenvalue weighted by Gasteiger charge is -2.09. The van der Waals surface area contributed by atoms with Crippen molar-refractivity contribution in [2.45, 2.75) is 26.8 Å². The minimum Gasteiger partial charge on any atom is -0.464 e. The Morgan fingerprint density at radius 2 is 1.82 bits per heavy atom. The van der Waals surface area contributed by atoms with E-state index in [1.807, 2.05) is 32.0 Å². The fourth-order valence-electron chi connectivity index (χ4n) is 3.27. The van der Waals surface area contributed by atoms with Crippen molar-refractivity contribution in [2.75, 3.05) is 0 Å². The summed E-state index contributed by atoms with van der Waals surface area (Å²) in [5.41, 5.74) is 3.66. The second-order valence-electron chi connectivity index (χ2n) is 6.84. The van der Waals surface area contributed by atoms with Crippen molar-refractivity contribution in [1.82, 2.24) is 5.32 Å². The Balaban J connectivity index is 1.61. The van der Waals surface area contributed by atoms with Gasteiger partial charge < -0.3 is 14.2 Å². The quantitative estimate of drug-likeness (QED) is 0.510. The molecule has 1 N–H and O–H groups in total. The van der Waals surface area contributed by atoms with Crippen LogP contribution in [0.3, 0.4) is 0 Å². The molecule has 0 fully saturated rings. The van der Waals surface area contributed by atoms with Gasteiger partial charge in [0.25, 0.3) is 0 Å². The molecule has 0 aliphatic rings. The van der Waals surface area contributed by atoms with Gasteiger partial charge in [-0.2, -0.15) is 0 Å². The number of carbonyl (C=O) groups is 1. The molecule has 28 heavy (non-hydrogen) atoms. The first-order valence-corrected chi connectivity index (χ1v) is 9.25. The van der Waals surface area contributed by atoms with Gasteiger partial charge in [0.15, 0.2) is 0 Å². The standard InChI is InChI=1S/C22H18ClNO4/c1-12-11-27-19-9-20-17(7-16(12)19)13(2)18(22(26)28-20)8-21(25)24-10-14-3-5-15(23)6-4-14/h3-7,9,11H,8,10H2,1-2H3,(H,24,25). The van der Waals surface area contributed by atoms with Gasteiger partial charge in [-0.05, 0) is 48.7 Å². The summed E-state index contributed by atoms with van der Waals surface area (Å²) in [6.45, 7) is 4.16. The second kappa shape index (κ2) is 7.17. The van der Waals surface area contributed by atoms with Gasteiger partial charge in [-0.15, -0.1) is 0 Å². The Labute approximate surface area is 165 Å². The molecule has 0 radical (unpaired) electrons. The normalized spacial score (nSPS) is 11.2. The zero-order valence-electron chi connectivity index (χ0n) is 15.5. The molecule has 1 amide bonds. The first-order chi connectivity index (χ1) is 13.4. The number of hydrogen-bond acceptors (Lipinski definition) is 4. The van der Waals surface area contributed by atoms with Crippen molar-refractivity contribution >= 4 is 39.4 Å². The summed E-state index contributed by atoms with van der Waals surface area (Å²) in [6, 6.07) is 10.9. The molecule has 4 aromatic rings. The average Bonchev–Trinajstić information content (AvgIpc) is 3.03. The molecule has 0 bridgehead atoms. The highest BCUT2D eigenvalue weighted by molar-refractivity contribution is 6.30. The van der Waals surface area contributed by atoms with Crippen LogP contribution in [-0.2, 0) is 17.8 Å². The second-order valence-corrected chi connectivity index (χ2v) is 7.27. The van der Waals surface area contributed by atoms with E-state index in [4.69, 9.17) is 20.4 Å². The van der Waals surface area contributed by atoms with Gasteiger partial charge >= 0.3 is 5.63 Å². The summed E-state index contributed by atoms with van der Waals surface area (Å²) in [4.78, 5) is 24.8. The minimum atomic E-state index is -0.505. The van der Waals surface area contributed by atoms with E-state index in [0.29, 0.717) is 28.3 Å². The van der Waals surface area contributed by atoms with Gasteiger partial charge in [0.2, 0.25) is 5.91 Å². The highest BCUT2D eigenvalue weighted by Gasteiger charge is 2.16. The molecule has 4 rings (SSSR count). The number of furan rings is 1. The number of nitrogens with one attached hydrogen (secondary N) is 1. The molecule has 0 aliphatic heterocycles. The summed E-state index contributed by atoms with van der Waals surface area (Å²) < 4.78 is 10.9. The fraction of sp³-hybridized carbons (Fsp3) is 0.182. The number of hydrogen-bond donors (Lipinski definition) is 1. The monoisotopic (exact) mass is 395 g/mol. The highest BCUT2D eigenvalue weighted by Crippen LogP contribution is 2.28. The number of rotatable bonds is 4. The lowest BCUT2D eigenvalue weighted by Crippen LogP contribution is -2.27. The molecule has 2 aromatic heterocycles. The molecular weight excluding hydrogens is 378 g/mol. The molecule has 0 saturated heterocycles. The molecule has 142 valence electrons. The maximum Gasteiger partial charge on any atom is 0.340 e. The average molecular weight is 396 g/mol. The maximum absolute atomic E-state index is 12.5. The number of aryl methyl sites for hydroxylation is 2. The summed E-state index contributed by atoms with van der Waals surface area (Å²) in [7, 11) is 0. The van der Waals surface area contributed by atoms with Gasteiger partial charge in [0, 0.05) is 28.4 Å². The Bertz CT molecular complexity index is 1250. The molecule has 5 nitrogen and oxygen atoms in total. The van der Waals surface area contributed by atoms with Crippen molar-refractivity contribution in [1.29, 1.82) is 0 Å². The molecule has 6 heteroatoms. The predicted molar refractivity (Wildman–Crippen MR) is 109 cm³/mol.